The Balaban J connectivity index is 1.48. The second kappa shape index (κ2) is 9.40. The number of hydrogen-bond acceptors (Lipinski definition) is 2. The van der Waals surface area contributed by atoms with E-state index >= 15 is 0 Å². The van der Waals surface area contributed by atoms with Crippen molar-refractivity contribution < 1.29 is 9.59 Å². The van der Waals surface area contributed by atoms with Gasteiger partial charge in [0.2, 0.25) is 0 Å². The summed E-state index contributed by atoms with van der Waals surface area (Å²) in [7, 11) is 0. The second-order valence-corrected chi connectivity index (χ2v) is 6.92. The van der Waals surface area contributed by atoms with Gasteiger partial charge >= 0.3 is 0 Å². The summed E-state index contributed by atoms with van der Waals surface area (Å²) in [6.07, 6.45) is 0. The molecule has 6 heteroatoms. The fourth-order valence-corrected chi connectivity index (χ4v) is 3.16. The summed E-state index contributed by atoms with van der Waals surface area (Å²) < 4.78 is 0. The molecule has 0 spiro atoms. The van der Waals surface area contributed by atoms with Gasteiger partial charge < -0.3 is 10.6 Å². The van der Waals surface area contributed by atoms with Crippen LogP contribution in [0.4, 0.5) is 0 Å². The molecule has 0 atom stereocenters. The summed E-state index contributed by atoms with van der Waals surface area (Å²) in [6.45, 7) is 0.585. The van der Waals surface area contributed by atoms with Crippen molar-refractivity contribution in [1.82, 2.24) is 10.6 Å². The van der Waals surface area contributed by atoms with Gasteiger partial charge in [-0.05, 0) is 41.5 Å². The lowest BCUT2D eigenvalue weighted by Gasteiger charge is -2.09. The number of halogens is 2. The molecule has 0 aromatic heterocycles. The van der Waals surface area contributed by atoms with Crippen molar-refractivity contribution in [2.75, 3.05) is 13.1 Å². The molecular weight excluding hydrogens is 395 g/mol. The number of carbonyl (C=O) groups excluding carboxylic acids is 2. The standard InChI is InChI=1S/C22H18Cl2N2O2/c23-18-10-11-19(20(24)14-18)22(28)26-13-12-25-21(27)17-8-6-16(7-9-17)15-4-2-1-3-5-15/h1-11,14H,12-13H2,(H,25,27)(H,26,28). The van der Waals surface area contributed by atoms with Crippen molar-refractivity contribution in [2.24, 2.45) is 0 Å². The van der Waals surface area contributed by atoms with Crippen molar-refractivity contribution >= 4 is 35.0 Å². The second-order valence-electron chi connectivity index (χ2n) is 6.08. The highest BCUT2D eigenvalue weighted by Crippen LogP contribution is 2.21. The van der Waals surface area contributed by atoms with E-state index in [1.54, 1.807) is 24.3 Å². The molecule has 142 valence electrons. The van der Waals surface area contributed by atoms with E-state index in [2.05, 4.69) is 10.6 Å². The molecule has 3 aromatic rings. The van der Waals surface area contributed by atoms with Crippen LogP contribution < -0.4 is 10.6 Å². The molecule has 4 nitrogen and oxygen atoms in total. The van der Waals surface area contributed by atoms with Crippen LogP contribution in [0.2, 0.25) is 10.0 Å². The summed E-state index contributed by atoms with van der Waals surface area (Å²) in [5.41, 5.74) is 3.04. The predicted octanol–water partition coefficient (Wildman–Crippen LogP) is 4.82. The first kappa shape index (κ1) is 19.9. The van der Waals surface area contributed by atoms with E-state index in [0.29, 0.717) is 22.7 Å². The lowest BCUT2D eigenvalue weighted by molar-refractivity contribution is 0.0927. The number of benzene rings is 3. The summed E-state index contributed by atoms with van der Waals surface area (Å²) in [6, 6.07) is 22.0. The summed E-state index contributed by atoms with van der Waals surface area (Å²) in [5.74, 6) is -0.512. The van der Waals surface area contributed by atoms with Gasteiger partial charge in [0.15, 0.2) is 0 Å². The van der Waals surface area contributed by atoms with Crippen molar-refractivity contribution in [2.45, 2.75) is 0 Å². The van der Waals surface area contributed by atoms with E-state index in [-0.39, 0.29) is 23.4 Å². The first-order chi connectivity index (χ1) is 13.5. The average molecular weight is 413 g/mol. The monoisotopic (exact) mass is 412 g/mol. The average Bonchev–Trinajstić information content (AvgIpc) is 2.71. The molecule has 0 aliphatic heterocycles. The Kier molecular flexibility index (Phi) is 6.69. The maximum atomic E-state index is 12.2. The molecule has 0 radical (unpaired) electrons. The summed E-state index contributed by atoms with van der Waals surface area (Å²) in [5, 5.41) is 6.25. The molecule has 0 unspecified atom stereocenters. The lowest BCUT2D eigenvalue weighted by atomic mass is 10.0. The highest BCUT2D eigenvalue weighted by Gasteiger charge is 2.10. The molecule has 0 bridgehead atoms. The zero-order chi connectivity index (χ0) is 19.9. The Morgan fingerprint density at radius 3 is 1.96 bits per heavy atom. The Morgan fingerprint density at radius 2 is 1.32 bits per heavy atom. The van der Waals surface area contributed by atoms with E-state index in [1.165, 1.54) is 6.07 Å². The third-order valence-corrected chi connectivity index (χ3v) is 4.67. The van der Waals surface area contributed by atoms with Gasteiger partial charge in [-0.3, -0.25) is 9.59 Å². The molecule has 0 heterocycles. The fourth-order valence-electron chi connectivity index (χ4n) is 2.67. The van der Waals surface area contributed by atoms with Crippen LogP contribution in [0.15, 0.2) is 72.8 Å². The minimum absolute atomic E-state index is 0.196. The molecular formula is C22H18Cl2N2O2. The summed E-state index contributed by atoms with van der Waals surface area (Å²) in [4.78, 5) is 24.4. The lowest BCUT2D eigenvalue weighted by Crippen LogP contribution is -2.34. The van der Waals surface area contributed by atoms with Crippen molar-refractivity contribution in [3.63, 3.8) is 0 Å². The smallest absolute Gasteiger partial charge is 0.252 e. The maximum absolute atomic E-state index is 12.2. The fraction of sp³-hybridized carbons (Fsp3) is 0.0909. The molecule has 28 heavy (non-hydrogen) atoms. The van der Waals surface area contributed by atoms with Gasteiger partial charge in [0.05, 0.1) is 10.6 Å². The molecule has 0 saturated carbocycles. The van der Waals surface area contributed by atoms with Gasteiger partial charge in [-0.25, -0.2) is 0 Å². The van der Waals surface area contributed by atoms with E-state index in [1.807, 2.05) is 42.5 Å². The van der Waals surface area contributed by atoms with Crippen LogP contribution in [0.3, 0.4) is 0 Å². The first-order valence-corrected chi connectivity index (χ1v) is 9.47. The quantitative estimate of drug-likeness (QED) is 0.570. The topological polar surface area (TPSA) is 58.2 Å². The molecule has 3 rings (SSSR count). The van der Waals surface area contributed by atoms with Crippen LogP contribution >= 0.6 is 23.2 Å². The number of hydrogen-bond donors (Lipinski definition) is 2. The van der Waals surface area contributed by atoms with Crippen molar-refractivity contribution in [3.05, 3.63) is 94.0 Å². The Morgan fingerprint density at radius 1 is 0.714 bits per heavy atom. The highest BCUT2D eigenvalue weighted by molar-refractivity contribution is 6.36. The van der Waals surface area contributed by atoms with Gasteiger partial charge in [-0.15, -0.1) is 0 Å². The molecule has 0 saturated heterocycles. The minimum atomic E-state index is -0.317. The van der Waals surface area contributed by atoms with Gasteiger partial charge in [0, 0.05) is 23.7 Å². The van der Waals surface area contributed by atoms with Crippen LogP contribution in [0.5, 0.6) is 0 Å². The highest BCUT2D eigenvalue weighted by atomic mass is 35.5. The molecule has 0 fully saturated rings. The summed E-state index contributed by atoms with van der Waals surface area (Å²) >= 11 is 11.8. The van der Waals surface area contributed by atoms with Crippen LogP contribution in [0.1, 0.15) is 20.7 Å². The van der Waals surface area contributed by atoms with E-state index in [0.717, 1.165) is 11.1 Å². The van der Waals surface area contributed by atoms with Crippen molar-refractivity contribution in [1.29, 1.82) is 0 Å². The molecule has 0 aliphatic carbocycles. The first-order valence-electron chi connectivity index (χ1n) is 8.71. The van der Waals surface area contributed by atoms with Crippen LogP contribution in [-0.2, 0) is 0 Å². The number of carbonyl (C=O) groups is 2. The number of nitrogens with one attached hydrogen (secondary N) is 2. The molecule has 2 amide bonds. The largest absolute Gasteiger partial charge is 0.350 e. The van der Waals surface area contributed by atoms with Crippen molar-refractivity contribution in [3.8, 4) is 11.1 Å². The molecule has 3 aromatic carbocycles. The van der Waals surface area contributed by atoms with Crippen LogP contribution in [-0.4, -0.2) is 24.9 Å². The third-order valence-electron chi connectivity index (χ3n) is 4.13. The van der Waals surface area contributed by atoms with Gasteiger partial charge in [0.1, 0.15) is 0 Å². The van der Waals surface area contributed by atoms with Gasteiger partial charge in [-0.1, -0.05) is 65.7 Å². The minimum Gasteiger partial charge on any atom is -0.350 e. The zero-order valence-electron chi connectivity index (χ0n) is 14.9. The third kappa shape index (κ3) is 5.12. The Hall–Kier alpha value is -2.82. The van der Waals surface area contributed by atoms with Gasteiger partial charge in [0.25, 0.3) is 11.8 Å². The predicted molar refractivity (Wildman–Crippen MR) is 113 cm³/mol. The molecule has 2 N–H and O–H groups in total. The zero-order valence-corrected chi connectivity index (χ0v) is 16.4. The van der Waals surface area contributed by atoms with E-state index < -0.39 is 0 Å². The van der Waals surface area contributed by atoms with E-state index in [9.17, 15) is 9.59 Å². The Bertz CT molecular complexity index is 974. The normalized spacial score (nSPS) is 10.4. The maximum Gasteiger partial charge on any atom is 0.252 e. The Labute approximate surface area is 173 Å². The molecule has 0 aliphatic rings. The van der Waals surface area contributed by atoms with E-state index in [4.69, 9.17) is 23.2 Å². The number of amides is 2. The SMILES string of the molecule is O=C(NCCNC(=O)c1ccc(Cl)cc1Cl)c1ccc(-c2ccccc2)cc1. The van der Waals surface area contributed by atoms with Crippen LogP contribution in [0, 0.1) is 0 Å². The van der Waals surface area contributed by atoms with Crippen LogP contribution in [0.25, 0.3) is 11.1 Å². The van der Waals surface area contributed by atoms with Gasteiger partial charge in [-0.2, -0.15) is 0 Å². The number of rotatable bonds is 6.